The summed E-state index contributed by atoms with van der Waals surface area (Å²) in [5.74, 6) is -0.989. The Balaban J connectivity index is 1.63. The highest BCUT2D eigenvalue weighted by molar-refractivity contribution is 6.04. The summed E-state index contributed by atoms with van der Waals surface area (Å²) in [7, 11) is 0. The molecule has 7 nitrogen and oxygen atoms in total. The van der Waals surface area contributed by atoms with E-state index in [0.29, 0.717) is 17.0 Å². The number of ether oxygens (including phenoxy) is 1. The van der Waals surface area contributed by atoms with Gasteiger partial charge in [0, 0.05) is 5.56 Å². The summed E-state index contributed by atoms with van der Waals surface area (Å²) in [5, 5.41) is 5.63. The molecule has 0 aliphatic carbocycles. The lowest BCUT2D eigenvalue weighted by Gasteiger charge is -2.16. The molecule has 3 rings (SSSR count). The van der Waals surface area contributed by atoms with Crippen molar-refractivity contribution in [3.05, 3.63) is 95.6 Å². The Morgan fingerprint density at radius 2 is 1.65 bits per heavy atom. The first-order chi connectivity index (χ1) is 14.9. The monoisotopic (exact) mass is 417 g/mol. The van der Waals surface area contributed by atoms with Crippen LogP contribution in [0, 0.1) is 0 Å². The van der Waals surface area contributed by atoms with Crippen molar-refractivity contribution in [3.63, 3.8) is 0 Å². The largest absolute Gasteiger partial charge is 0.484 e. The van der Waals surface area contributed by atoms with Crippen LogP contribution >= 0.6 is 0 Å². The van der Waals surface area contributed by atoms with Crippen molar-refractivity contribution in [2.75, 3.05) is 11.9 Å². The molecular weight excluding hydrogens is 394 g/mol. The molecule has 0 bridgehead atoms. The van der Waals surface area contributed by atoms with Gasteiger partial charge in [-0.15, -0.1) is 0 Å². The van der Waals surface area contributed by atoms with Crippen molar-refractivity contribution >= 4 is 23.4 Å². The zero-order valence-corrected chi connectivity index (χ0v) is 17.0. The number of anilines is 1. The summed E-state index contributed by atoms with van der Waals surface area (Å²) in [6.07, 6.45) is 0. The Morgan fingerprint density at radius 3 is 2.39 bits per heavy atom. The second kappa shape index (κ2) is 10.1. The van der Waals surface area contributed by atoms with Gasteiger partial charge in [0.25, 0.3) is 11.8 Å². The van der Waals surface area contributed by atoms with E-state index in [2.05, 4.69) is 10.6 Å². The number of hydrogen-bond acceptors (Lipinski definition) is 4. The van der Waals surface area contributed by atoms with Gasteiger partial charge in [0.1, 0.15) is 5.75 Å². The molecule has 0 spiro atoms. The van der Waals surface area contributed by atoms with Crippen LogP contribution in [0.25, 0.3) is 0 Å². The van der Waals surface area contributed by atoms with Crippen LogP contribution in [0.15, 0.2) is 78.9 Å². The summed E-state index contributed by atoms with van der Waals surface area (Å²) in [6, 6.07) is 22.4. The summed E-state index contributed by atoms with van der Waals surface area (Å²) in [4.78, 5) is 36.4. The molecule has 7 heteroatoms. The Kier molecular flexibility index (Phi) is 7.01. The first-order valence-electron chi connectivity index (χ1n) is 9.71. The molecule has 3 amide bonds. The normalized spacial score (nSPS) is 11.3. The molecular formula is C24H23N3O4. The molecule has 31 heavy (non-hydrogen) atoms. The van der Waals surface area contributed by atoms with E-state index >= 15 is 0 Å². The minimum Gasteiger partial charge on any atom is -0.484 e. The maximum absolute atomic E-state index is 12.8. The van der Waals surface area contributed by atoms with Crippen molar-refractivity contribution in [2.24, 2.45) is 5.73 Å². The topological polar surface area (TPSA) is 111 Å². The highest BCUT2D eigenvalue weighted by Gasteiger charge is 2.16. The fourth-order valence-corrected chi connectivity index (χ4v) is 2.96. The molecule has 0 aromatic heterocycles. The minimum atomic E-state index is -0.584. The van der Waals surface area contributed by atoms with E-state index in [0.717, 1.165) is 5.56 Å². The summed E-state index contributed by atoms with van der Waals surface area (Å²) >= 11 is 0. The molecule has 1 atom stereocenters. The standard InChI is InChI=1S/C24H23N3O4/c1-16(17-8-3-2-4-9-17)26-24(30)20-12-5-6-13-21(20)27-22(28)15-31-19-11-7-10-18(14-19)23(25)29/h2-14,16H,15H2,1H3,(H2,25,29)(H,26,30)(H,27,28). The molecule has 0 aliphatic rings. The third-order valence-electron chi connectivity index (χ3n) is 4.58. The van der Waals surface area contributed by atoms with Crippen molar-refractivity contribution in [3.8, 4) is 5.75 Å². The number of nitrogens with two attached hydrogens (primary N) is 1. The van der Waals surface area contributed by atoms with Crippen LogP contribution in [-0.4, -0.2) is 24.3 Å². The highest BCUT2D eigenvalue weighted by Crippen LogP contribution is 2.18. The lowest BCUT2D eigenvalue weighted by Crippen LogP contribution is -2.28. The summed E-state index contributed by atoms with van der Waals surface area (Å²) in [5.41, 5.74) is 7.22. The molecule has 0 fully saturated rings. The fourth-order valence-electron chi connectivity index (χ4n) is 2.96. The smallest absolute Gasteiger partial charge is 0.262 e. The molecule has 4 N–H and O–H groups in total. The second-order valence-corrected chi connectivity index (χ2v) is 6.88. The third kappa shape index (κ3) is 5.93. The third-order valence-corrected chi connectivity index (χ3v) is 4.58. The molecule has 0 aliphatic heterocycles. The van der Waals surface area contributed by atoms with E-state index in [1.165, 1.54) is 6.07 Å². The molecule has 158 valence electrons. The van der Waals surface area contributed by atoms with E-state index in [4.69, 9.17) is 10.5 Å². The van der Waals surface area contributed by atoms with Crippen LogP contribution in [0.3, 0.4) is 0 Å². The lowest BCUT2D eigenvalue weighted by atomic mass is 10.1. The van der Waals surface area contributed by atoms with Crippen molar-refractivity contribution in [1.82, 2.24) is 5.32 Å². The Labute approximate surface area is 180 Å². The van der Waals surface area contributed by atoms with Gasteiger partial charge in [-0.3, -0.25) is 14.4 Å². The molecule has 0 saturated carbocycles. The van der Waals surface area contributed by atoms with Crippen LogP contribution in [0.2, 0.25) is 0 Å². The Bertz CT molecular complexity index is 1080. The Morgan fingerprint density at radius 1 is 0.935 bits per heavy atom. The number of rotatable bonds is 8. The summed E-state index contributed by atoms with van der Waals surface area (Å²) in [6.45, 7) is 1.60. The molecule has 0 radical (unpaired) electrons. The molecule has 0 heterocycles. The zero-order valence-electron chi connectivity index (χ0n) is 17.0. The quantitative estimate of drug-likeness (QED) is 0.522. The maximum Gasteiger partial charge on any atom is 0.262 e. The van der Waals surface area contributed by atoms with E-state index in [1.54, 1.807) is 42.5 Å². The number of carbonyl (C=O) groups is 3. The van der Waals surface area contributed by atoms with Crippen LogP contribution < -0.4 is 21.1 Å². The van der Waals surface area contributed by atoms with Crippen LogP contribution in [0.4, 0.5) is 5.69 Å². The molecule has 1 unspecified atom stereocenters. The predicted molar refractivity (Wildman–Crippen MR) is 118 cm³/mol. The van der Waals surface area contributed by atoms with Gasteiger partial charge in [-0.05, 0) is 42.8 Å². The van der Waals surface area contributed by atoms with E-state index in [9.17, 15) is 14.4 Å². The SMILES string of the molecule is CC(NC(=O)c1ccccc1NC(=O)COc1cccc(C(N)=O)c1)c1ccccc1. The zero-order chi connectivity index (χ0) is 22.2. The van der Waals surface area contributed by atoms with Gasteiger partial charge >= 0.3 is 0 Å². The number of carbonyl (C=O) groups excluding carboxylic acids is 3. The first kappa shape index (κ1) is 21.6. The maximum atomic E-state index is 12.8. The molecule has 3 aromatic rings. The van der Waals surface area contributed by atoms with Gasteiger partial charge in [0.15, 0.2) is 6.61 Å². The number of primary amides is 1. The van der Waals surface area contributed by atoms with Crippen LogP contribution in [0.5, 0.6) is 5.75 Å². The first-order valence-corrected chi connectivity index (χ1v) is 9.71. The highest BCUT2D eigenvalue weighted by atomic mass is 16.5. The van der Waals surface area contributed by atoms with Gasteiger partial charge in [-0.25, -0.2) is 0 Å². The van der Waals surface area contributed by atoms with Crippen LogP contribution in [0.1, 0.15) is 39.2 Å². The van der Waals surface area contributed by atoms with Crippen molar-refractivity contribution in [2.45, 2.75) is 13.0 Å². The van der Waals surface area contributed by atoms with Gasteiger partial charge < -0.3 is 21.1 Å². The lowest BCUT2D eigenvalue weighted by molar-refractivity contribution is -0.118. The van der Waals surface area contributed by atoms with Gasteiger partial charge in [-0.1, -0.05) is 48.5 Å². The van der Waals surface area contributed by atoms with Crippen molar-refractivity contribution < 1.29 is 19.1 Å². The summed E-state index contributed by atoms with van der Waals surface area (Å²) < 4.78 is 5.43. The average molecular weight is 417 g/mol. The second-order valence-electron chi connectivity index (χ2n) is 6.88. The van der Waals surface area contributed by atoms with Gasteiger partial charge in [0.2, 0.25) is 5.91 Å². The molecule has 3 aromatic carbocycles. The van der Waals surface area contributed by atoms with Crippen LogP contribution in [-0.2, 0) is 4.79 Å². The van der Waals surface area contributed by atoms with E-state index in [1.807, 2.05) is 37.3 Å². The predicted octanol–water partition coefficient (Wildman–Crippen LogP) is 3.29. The fraction of sp³-hybridized carbons (Fsp3) is 0.125. The molecule has 0 saturated heterocycles. The van der Waals surface area contributed by atoms with E-state index in [-0.39, 0.29) is 24.1 Å². The Hall–Kier alpha value is -4.13. The number of amides is 3. The van der Waals surface area contributed by atoms with Gasteiger partial charge in [0.05, 0.1) is 17.3 Å². The van der Waals surface area contributed by atoms with Gasteiger partial charge in [-0.2, -0.15) is 0 Å². The number of para-hydroxylation sites is 1. The van der Waals surface area contributed by atoms with Crippen molar-refractivity contribution in [1.29, 1.82) is 0 Å². The number of benzene rings is 3. The number of nitrogens with one attached hydrogen (secondary N) is 2. The van der Waals surface area contributed by atoms with E-state index < -0.39 is 11.8 Å². The average Bonchev–Trinajstić information content (AvgIpc) is 2.78. The minimum absolute atomic E-state index is 0.196. The number of hydrogen-bond donors (Lipinski definition) is 3.